The summed E-state index contributed by atoms with van der Waals surface area (Å²) in [5.74, 6) is 2.61. The number of hydrogen-bond acceptors (Lipinski definition) is 7. The zero-order chi connectivity index (χ0) is 20.8. The third-order valence-corrected chi connectivity index (χ3v) is 4.21. The molecule has 0 aliphatic carbocycles. The fraction of sp³-hybridized carbons (Fsp3) is 0.286. The Balaban J connectivity index is 1.62. The van der Waals surface area contributed by atoms with Crippen LogP contribution in [0.25, 0.3) is 0 Å². The number of carbonyl (C=O) groups is 1. The summed E-state index contributed by atoms with van der Waals surface area (Å²) in [6.07, 6.45) is 0.591. The standard InChI is InChI=1S/C21H23N3O5/c1-13(9-15-5-7-17(26-3)19(10-15)27-4)23-24-14(2)22-21(25)16-6-8-18-20(11-16)29-12-28-18/h5-8,10-11H,9,12H2,1-4H3,(H,22,24,25)/b23-13+. The predicted molar refractivity (Wildman–Crippen MR) is 109 cm³/mol. The normalized spacial score (nSPS) is 13.2. The summed E-state index contributed by atoms with van der Waals surface area (Å²) in [7, 11) is 3.19. The number of amides is 1. The van der Waals surface area contributed by atoms with Crippen LogP contribution in [0.3, 0.4) is 0 Å². The van der Waals surface area contributed by atoms with Crippen LogP contribution in [0, 0.1) is 0 Å². The molecule has 8 heteroatoms. The first-order valence-electron chi connectivity index (χ1n) is 8.99. The van der Waals surface area contributed by atoms with E-state index in [1.165, 1.54) is 0 Å². The minimum atomic E-state index is -0.294. The first kappa shape index (κ1) is 20.2. The number of nitrogens with one attached hydrogen (secondary N) is 1. The monoisotopic (exact) mass is 397 g/mol. The van der Waals surface area contributed by atoms with E-state index in [9.17, 15) is 4.79 Å². The highest BCUT2D eigenvalue weighted by Gasteiger charge is 2.16. The Morgan fingerprint density at radius 3 is 2.52 bits per heavy atom. The molecule has 2 aromatic rings. The van der Waals surface area contributed by atoms with Crippen LogP contribution in [-0.4, -0.2) is 38.5 Å². The van der Waals surface area contributed by atoms with Crippen LogP contribution >= 0.6 is 0 Å². The molecular formula is C21H23N3O5. The van der Waals surface area contributed by atoms with Crippen molar-refractivity contribution < 1.29 is 23.7 Å². The Kier molecular flexibility index (Phi) is 6.33. The van der Waals surface area contributed by atoms with Crippen LogP contribution in [0.4, 0.5) is 0 Å². The lowest BCUT2D eigenvalue weighted by Gasteiger charge is -2.09. The van der Waals surface area contributed by atoms with E-state index in [1.54, 1.807) is 39.3 Å². The van der Waals surface area contributed by atoms with Crippen molar-refractivity contribution in [1.82, 2.24) is 5.32 Å². The number of carbonyl (C=O) groups excluding carboxylic acids is 1. The van der Waals surface area contributed by atoms with Crippen molar-refractivity contribution in [2.75, 3.05) is 21.0 Å². The molecule has 0 saturated carbocycles. The van der Waals surface area contributed by atoms with E-state index in [-0.39, 0.29) is 12.7 Å². The van der Waals surface area contributed by atoms with Crippen molar-refractivity contribution in [2.24, 2.45) is 10.2 Å². The number of benzene rings is 2. The molecule has 0 fully saturated rings. The lowest BCUT2D eigenvalue weighted by Crippen LogP contribution is -2.28. The van der Waals surface area contributed by atoms with Crippen molar-refractivity contribution in [2.45, 2.75) is 20.3 Å². The molecule has 1 heterocycles. The van der Waals surface area contributed by atoms with E-state index in [0.29, 0.717) is 40.8 Å². The lowest BCUT2D eigenvalue weighted by molar-refractivity contribution is 0.0976. The van der Waals surface area contributed by atoms with Crippen molar-refractivity contribution in [1.29, 1.82) is 0 Å². The van der Waals surface area contributed by atoms with Crippen molar-refractivity contribution in [3.63, 3.8) is 0 Å². The van der Waals surface area contributed by atoms with Gasteiger partial charge < -0.3 is 24.3 Å². The topological polar surface area (TPSA) is 90.7 Å². The first-order valence-corrected chi connectivity index (χ1v) is 8.99. The minimum Gasteiger partial charge on any atom is -0.493 e. The van der Waals surface area contributed by atoms with Gasteiger partial charge >= 0.3 is 0 Å². The lowest BCUT2D eigenvalue weighted by atomic mass is 10.1. The molecule has 8 nitrogen and oxygen atoms in total. The van der Waals surface area contributed by atoms with Crippen LogP contribution in [0.1, 0.15) is 29.8 Å². The van der Waals surface area contributed by atoms with Gasteiger partial charge in [0.2, 0.25) is 6.79 Å². The Bertz CT molecular complexity index is 969. The third kappa shape index (κ3) is 5.04. The molecule has 0 saturated heterocycles. The van der Waals surface area contributed by atoms with Crippen molar-refractivity contribution >= 4 is 17.5 Å². The number of nitrogens with zero attached hydrogens (tertiary/aromatic N) is 2. The molecule has 0 spiro atoms. The third-order valence-electron chi connectivity index (χ3n) is 4.21. The molecule has 152 valence electrons. The van der Waals surface area contributed by atoms with E-state index >= 15 is 0 Å². The van der Waals surface area contributed by atoms with Gasteiger partial charge in [0, 0.05) is 17.7 Å². The summed E-state index contributed by atoms with van der Waals surface area (Å²) in [5, 5.41) is 11.0. The molecular weight excluding hydrogens is 374 g/mol. The molecule has 0 atom stereocenters. The Morgan fingerprint density at radius 1 is 1.00 bits per heavy atom. The number of fused-ring (bicyclic) bond motifs is 1. The van der Waals surface area contributed by atoms with Gasteiger partial charge in [-0.25, -0.2) is 0 Å². The number of amidine groups is 1. The SMILES string of the molecule is COc1ccc(C/C(C)=N/N=C(\C)NC(=O)c2ccc3c(c2)OCO3)cc1OC. The van der Waals surface area contributed by atoms with Gasteiger partial charge in [-0.2, -0.15) is 5.10 Å². The number of methoxy groups -OCH3 is 2. The second-order valence-electron chi connectivity index (χ2n) is 6.41. The van der Waals surface area contributed by atoms with Gasteiger partial charge in [0.05, 0.1) is 14.2 Å². The molecule has 29 heavy (non-hydrogen) atoms. The van der Waals surface area contributed by atoms with Gasteiger partial charge in [0.25, 0.3) is 5.91 Å². The number of ether oxygens (including phenoxy) is 4. The maximum atomic E-state index is 12.4. The van der Waals surface area contributed by atoms with E-state index in [1.807, 2.05) is 25.1 Å². The maximum absolute atomic E-state index is 12.4. The molecule has 1 N–H and O–H groups in total. The summed E-state index contributed by atoms with van der Waals surface area (Å²) < 4.78 is 21.1. The Hall–Kier alpha value is -3.55. The second kappa shape index (κ2) is 9.09. The van der Waals surface area contributed by atoms with Gasteiger partial charge in [-0.15, -0.1) is 5.10 Å². The summed E-state index contributed by atoms with van der Waals surface area (Å²) in [5.41, 5.74) is 2.25. The van der Waals surface area contributed by atoms with Gasteiger partial charge in [0.15, 0.2) is 23.0 Å². The summed E-state index contributed by atoms with van der Waals surface area (Å²) in [4.78, 5) is 12.4. The van der Waals surface area contributed by atoms with Crippen LogP contribution < -0.4 is 24.3 Å². The molecule has 1 aliphatic rings. The average Bonchev–Trinajstić information content (AvgIpc) is 3.20. The molecule has 3 rings (SSSR count). The smallest absolute Gasteiger partial charge is 0.256 e. The van der Waals surface area contributed by atoms with E-state index < -0.39 is 0 Å². The first-order chi connectivity index (χ1) is 14.0. The van der Waals surface area contributed by atoms with E-state index in [4.69, 9.17) is 18.9 Å². The van der Waals surface area contributed by atoms with Gasteiger partial charge in [-0.3, -0.25) is 4.79 Å². The number of hydrogen-bond donors (Lipinski definition) is 1. The maximum Gasteiger partial charge on any atom is 0.256 e. The summed E-state index contributed by atoms with van der Waals surface area (Å²) in [6.45, 7) is 3.71. The van der Waals surface area contributed by atoms with Gasteiger partial charge in [-0.1, -0.05) is 6.07 Å². The van der Waals surface area contributed by atoms with E-state index in [0.717, 1.165) is 11.3 Å². The van der Waals surface area contributed by atoms with Crippen LogP contribution in [0.15, 0.2) is 46.6 Å². The summed E-state index contributed by atoms with van der Waals surface area (Å²) >= 11 is 0. The largest absolute Gasteiger partial charge is 0.493 e. The van der Waals surface area contributed by atoms with Gasteiger partial charge in [-0.05, 0) is 49.7 Å². The predicted octanol–water partition coefficient (Wildman–Crippen LogP) is 3.20. The molecule has 2 aromatic carbocycles. The number of rotatable bonds is 6. The molecule has 0 aromatic heterocycles. The van der Waals surface area contributed by atoms with Crippen molar-refractivity contribution in [3.05, 3.63) is 47.5 Å². The Labute approximate surface area is 169 Å². The van der Waals surface area contributed by atoms with Crippen LogP contribution in [-0.2, 0) is 6.42 Å². The molecule has 0 unspecified atom stereocenters. The van der Waals surface area contributed by atoms with E-state index in [2.05, 4.69) is 15.5 Å². The molecule has 0 radical (unpaired) electrons. The van der Waals surface area contributed by atoms with Crippen LogP contribution in [0.5, 0.6) is 23.0 Å². The quantitative estimate of drug-likeness (QED) is 0.459. The molecule has 1 amide bonds. The second-order valence-corrected chi connectivity index (χ2v) is 6.41. The fourth-order valence-electron chi connectivity index (χ4n) is 2.78. The zero-order valence-corrected chi connectivity index (χ0v) is 16.8. The molecule has 1 aliphatic heterocycles. The van der Waals surface area contributed by atoms with Crippen LogP contribution in [0.2, 0.25) is 0 Å². The highest BCUT2D eigenvalue weighted by molar-refractivity contribution is 6.06. The molecule has 0 bridgehead atoms. The highest BCUT2D eigenvalue weighted by atomic mass is 16.7. The summed E-state index contributed by atoms with van der Waals surface area (Å²) in [6, 6.07) is 10.7. The minimum absolute atomic E-state index is 0.162. The highest BCUT2D eigenvalue weighted by Crippen LogP contribution is 2.32. The zero-order valence-electron chi connectivity index (χ0n) is 16.8. The van der Waals surface area contributed by atoms with Gasteiger partial charge in [0.1, 0.15) is 5.84 Å². The Morgan fingerprint density at radius 2 is 1.76 bits per heavy atom. The fourth-order valence-corrected chi connectivity index (χ4v) is 2.78. The average molecular weight is 397 g/mol. The van der Waals surface area contributed by atoms with Crippen molar-refractivity contribution in [3.8, 4) is 23.0 Å².